The Morgan fingerprint density at radius 2 is 2.06 bits per heavy atom. The Morgan fingerprint density at radius 1 is 1.38 bits per heavy atom. The molecule has 88 valence electrons. The summed E-state index contributed by atoms with van der Waals surface area (Å²) in [5.41, 5.74) is 0.946. The molecule has 1 aliphatic rings. The minimum atomic E-state index is -0.732. The lowest BCUT2D eigenvalue weighted by atomic mass is 10.1. The van der Waals surface area contributed by atoms with Gasteiger partial charge in [0.1, 0.15) is 0 Å². The lowest BCUT2D eigenvalue weighted by Gasteiger charge is -2.26. The van der Waals surface area contributed by atoms with Crippen LogP contribution in [0.5, 0.6) is 0 Å². The van der Waals surface area contributed by atoms with Crippen molar-refractivity contribution in [2.75, 3.05) is 17.8 Å². The summed E-state index contributed by atoms with van der Waals surface area (Å²) in [5, 5.41) is 1.26. The van der Waals surface area contributed by atoms with Crippen LogP contribution in [-0.4, -0.2) is 23.9 Å². The van der Waals surface area contributed by atoms with Gasteiger partial charge in [0.05, 0.1) is 23.9 Å². The first-order valence-corrected chi connectivity index (χ1v) is 6.93. The second kappa shape index (κ2) is 5.23. The fourth-order valence-corrected chi connectivity index (χ4v) is 2.54. The van der Waals surface area contributed by atoms with Gasteiger partial charge < -0.3 is 9.47 Å². The van der Waals surface area contributed by atoms with Crippen LogP contribution in [0.25, 0.3) is 0 Å². The van der Waals surface area contributed by atoms with E-state index < -0.39 is 5.79 Å². The predicted octanol–water partition coefficient (Wildman–Crippen LogP) is 3.54. The monoisotopic (exact) mass is 324 g/mol. The molecule has 0 unspecified atom stereocenters. The van der Waals surface area contributed by atoms with Gasteiger partial charge in [-0.25, -0.2) is 0 Å². The molecule has 1 aliphatic heterocycles. The van der Waals surface area contributed by atoms with Crippen molar-refractivity contribution in [3.63, 3.8) is 0 Å². The van der Waals surface area contributed by atoms with Crippen LogP contribution in [0.1, 0.15) is 5.56 Å². The SMILES string of the molecule is ClC[C@@H]1CO[C@](CBr)(c2ccc(Cl)cc2)O1. The van der Waals surface area contributed by atoms with Crippen molar-refractivity contribution >= 4 is 39.1 Å². The lowest BCUT2D eigenvalue weighted by molar-refractivity contribution is -0.154. The third-order valence-corrected chi connectivity index (χ3v) is 3.83. The maximum atomic E-state index is 5.85. The predicted molar refractivity (Wildman–Crippen MR) is 68.5 cm³/mol. The molecule has 0 amide bonds. The van der Waals surface area contributed by atoms with Crippen molar-refractivity contribution in [1.29, 1.82) is 0 Å². The Hall–Kier alpha value is 0.200. The fourth-order valence-electron chi connectivity index (χ4n) is 1.64. The third-order valence-electron chi connectivity index (χ3n) is 2.49. The average Bonchev–Trinajstić information content (AvgIpc) is 2.75. The van der Waals surface area contributed by atoms with E-state index in [0.29, 0.717) is 22.8 Å². The van der Waals surface area contributed by atoms with Crippen LogP contribution in [0.4, 0.5) is 0 Å². The van der Waals surface area contributed by atoms with E-state index in [0.717, 1.165) is 5.56 Å². The maximum absolute atomic E-state index is 5.85. The first-order valence-electron chi connectivity index (χ1n) is 4.90. The van der Waals surface area contributed by atoms with Gasteiger partial charge >= 0.3 is 0 Å². The maximum Gasteiger partial charge on any atom is 0.205 e. The van der Waals surface area contributed by atoms with Crippen LogP contribution in [0, 0.1) is 0 Å². The van der Waals surface area contributed by atoms with E-state index in [4.69, 9.17) is 32.7 Å². The Kier molecular flexibility index (Phi) is 4.14. The first kappa shape index (κ1) is 12.7. The molecule has 0 bridgehead atoms. The lowest BCUT2D eigenvalue weighted by Crippen LogP contribution is -2.30. The summed E-state index contributed by atoms with van der Waals surface area (Å²) in [6, 6.07) is 7.45. The van der Waals surface area contributed by atoms with Crippen molar-refractivity contribution in [2.24, 2.45) is 0 Å². The molecular formula is C11H11BrCl2O2. The second-order valence-corrected chi connectivity index (χ2v) is 4.90. The Bertz CT molecular complexity index is 358. The Balaban J connectivity index is 2.25. The molecule has 0 aromatic heterocycles. The van der Waals surface area contributed by atoms with Crippen LogP contribution in [0.15, 0.2) is 24.3 Å². The first-order chi connectivity index (χ1) is 7.70. The van der Waals surface area contributed by atoms with Gasteiger partial charge in [-0.3, -0.25) is 0 Å². The van der Waals surface area contributed by atoms with E-state index in [2.05, 4.69) is 15.9 Å². The van der Waals surface area contributed by atoms with Crippen molar-refractivity contribution in [1.82, 2.24) is 0 Å². The van der Waals surface area contributed by atoms with Gasteiger partial charge in [-0.1, -0.05) is 39.7 Å². The van der Waals surface area contributed by atoms with E-state index in [1.54, 1.807) is 0 Å². The highest BCUT2D eigenvalue weighted by atomic mass is 79.9. The highest BCUT2D eigenvalue weighted by Gasteiger charge is 2.42. The zero-order valence-corrected chi connectivity index (χ0v) is 11.6. The molecule has 16 heavy (non-hydrogen) atoms. The summed E-state index contributed by atoms with van der Waals surface area (Å²) < 4.78 is 11.6. The zero-order chi connectivity index (χ0) is 11.6. The van der Waals surface area contributed by atoms with Crippen LogP contribution in [0.2, 0.25) is 5.02 Å². The molecule has 0 radical (unpaired) electrons. The highest BCUT2D eigenvalue weighted by Crippen LogP contribution is 2.36. The molecule has 2 rings (SSSR count). The van der Waals surface area contributed by atoms with Gasteiger partial charge in [-0.15, -0.1) is 11.6 Å². The molecule has 0 N–H and O–H groups in total. The van der Waals surface area contributed by atoms with E-state index in [-0.39, 0.29) is 6.10 Å². The molecule has 0 saturated carbocycles. The highest BCUT2D eigenvalue weighted by molar-refractivity contribution is 9.09. The smallest absolute Gasteiger partial charge is 0.205 e. The van der Waals surface area contributed by atoms with Crippen molar-refractivity contribution in [2.45, 2.75) is 11.9 Å². The second-order valence-electron chi connectivity index (χ2n) is 3.60. The van der Waals surface area contributed by atoms with Crippen molar-refractivity contribution < 1.29 is 9.47 Å². The van der Waals surface area contributed by atoms with Gasteiger partial charge in [0.2, 0.25) is 5.79 Å². The third kappa shape index (κ3) is 2.39. The summed E-state index contributed by atoms with van der Waals surface area (Å²) in [6.45, 7) is 0.512. The Morgan fingerprint density at radius 3 is 2.56 bits per heavy atom. The van der Waals surface area contributed by atoms with E-state index in [1.165, 1.54) is 0 Å². The van der Waals surface area contributed by atoms with Gasteiger partial charge in [0.15, 0.2) is 0 Å². The standard InChI is InChI=1S/C11H11BrCl2O2/c12-7-11(15-6-10(5-13)16-11)8-1-3-9(14)4-2-8/h1-4,10H,5-7H2/t10-,11+/m1/s1. The molecule has 1 fully saturated rings. The molecule has 2 atom stereocenters. The van der Waals surface area contributed by atoms with Crippen LogP contribution in [-0.2, 0) is 15.3 Å². The number of benzene rings is 1. The molecule has 1 saturated heterocycles. The fraction of sp³-hybridized carbons (Fsp3) is 0.455. The quantitative estimate of drug-likeness (QED) is 0.791. The summed E-state index contributed by atoms with van der Waals surface area (Å²) in [4.78, 5) is 0. The van der Waals surface area contributed by atoms with E-state index >= 15 is 0 Å². The molecule has 1 aromatic rings. The topological polar surface area (TPSA) is 18.5 Å². The van der Waals surface area contributed by atoms with Crippen molar-refractivity contribution in [3.05, 3.63) is 34.9 Å². The number of hydrogen-bond acceptors (Lipinski definition) is 2. The van der Waals surface area contributed by atoms with E-state index in [9.17, 15) is 0 Å². The van der Waals surface area contributed by atoms with Crippen LogP contribution >= 0.6 is 39.1 Å². The van der Waals surface area contributed by atoms with Crippen LogP contribution in [0.3, 0.4) is 0 Å². The van der Waals surface area contributed by atoms with E-state index in [1.807, 2.05) is 24.3 Å². The van der Waals surface area contributed by atoms with Gasteiger partial charge in [-0.05, 0) is 12.1 Å². The summed E-state index contributed by atoms with van der Waals surface area (Å²) in [5.74, 6) is -0.299. The normalized spacial score (nSPS) is 29.6. The molecule has 1 heterocycles. The zero-order valence-electron chi connectivity index (χ0n) is 8.46. The molecule has 1 aromatic carbocycles. The molecule has 0 spiro atoms. The van der Waals surface area contributed by atoms with Crippen LogP contribution < -0.4 is 0 Å². The molecule has 2 nitrogen and oxygen atoms in total. The number of halogens is 3. The average molecular weight is 326 g/mol. The number of ether oxygens (including phenoxy) is 2. The number of rotatable bonds is 3. The largest absolute Gasteiger partial charge is 0.342 e. The summed E-state index contributed by atoms with van der Waals surface area (Å²) >= 11 is 15.0. The number of alkyl halides is 2. The summed E-state index contributed by atoms with van der Waals surface area (Å²) in [6.07, 6.45) is -0.0603. The minimum absolute atomic E-state index is 0.0603. The Labute approximate surface area is 113 Å². The molecule has 5 heteroatoms. The van der Waals surface area contributed by atoms with Crippen molar-refractivity contribution in [3.8, 4) is 0 Å². The number of hydrogen-bond donors (Lipinski definition) is 0. The molecule has 0 aliphatic carbocycles. The van der Waals surface area contributed by atoms with Gasteiger partial charge in [-0.2, -0.15) is 0 Å². The summed E-state index contributed by atoms with van der Waals surface area (Å²) in [7, 11) is 0. The van der Waals surface area contributed by atoms with Gasteiger partial charge in [0, 0.05) is 10.6 Å². The minimum Gasteiger partial charge on any atom is -0.342 e. The molecular weight excluding hydrogens is 315 g/mol. The van der Waals surface area contributed by atoms with Gasteiger partial charge in [0.25, 0.3) is 0 Å².